The summed E-state index contributed by atoms with van der Waals surface area (Å²) >= 11 is 3.40. The molecule has 1 fully saturated rings. The van der Waals surface area contributed by atoms with Crippen LogP contribution in [-0.2, 0) is 14.3 Å². The van der Waals surface area contributed by atoms with Gasteiger partial charge in [-0.2, -0.15) is 0 Å². The summed E-state index contributed by atoms with van der Waals surface area (Å²) in [6.45, 7) is 0.249. The van der Waals surface area contributed by atoms with Crippen molar-refractivity contribution >= 4 is 33.7 Å². The number of anilines is 1. The normalized spacial score (nSPS) is 17.8. The van der Waals surface area contributed by atoms with Crippen LogP contribution in [0.15, 0.2) is 39.3 Å². The van der Waals surface area contributed by atoms with Gasteiger partial charge >= 0.3 is 5.97 Å². The number of carbonyl (C=O) groups excluding carboxylic acids is 2. The van der Waals surface area contributed by atoms with Gasteiger partial charge < -0.3 is 9.26 Å². The molecule has 1 aliphatic rings. The van der Waals surface area contributed by atoms with E-state index in [2.05, 4.69) is 25.8 Å². The first-order valence-corrected chi connectivity index (χ1v) is 7.48. The molecule has 114 valence electrons. The lowest BCUT2D eigenvalue weighted by molar-refractivity contribution is -0.145. The molecule has 3 rings (SSSR count). The fourth-order valence-corrected chi connectivity index (χ4v) is 2.82. The topological polar surface area (TPSA) is 72.6 Å². The predicted molar refractivity (Wildman–Crippen MR) is 82.1 cm³/mol. The van der Waals surface area contributed by atoms with Gasteiger partial charge in [0.1, 0.15) is 5.69 Å². The summed E-state index contributed by atoms with van der Waals surface area (Å²) in [4.78, 5) is 25.0. The summed E-state index contributed by atoms with van der Waals surface area (Å²) in [6.07, 6.45) is 0.125. The zero-order chi connectivity index (χ0) is 15.7. The molecule has 0 aliphatic carbocycles. The third-order valence-electron chi connectivity index (χ3n) is 3.54. The van der Waals surface area contributed by atoms with E-state index in [9.17, 15) is 9.59 Å². The Bertz CT molecular complexity index is 728. The number of esters is 1. The fraction of sp³-hybridized carbons (Fsp3) is 0.267. The van der Waals surface area contributed by atoms with E-state index in [1.165, 1.54) is 12.0 Å². The van der Waals surface area contributed by atoms with E-state index in [0.29, 0.717) is 11.6 Å². The van der Waals surface area contributed by atoms with Gasteiger partial charge in [-0.25, -0.2) is 0 Å². The van der Waals surface area contributed by atoms with Crippen molar-refractivity contribution in [3.63, 3.8) is 0 Å². The average Bonchev–Trinajstić information content (AvgIpc) is 3.13. The molecule has 0 N–H and O–H groups in total. The van der Waals surface area contributed by atoms with E-state index >= 15 is 0 Å². The van der Waals surface area contributed by atoms with E-state index in [1.54, 1.807) is 6.07 Å². The van der Waals surface area contributed by atoms with E-state index in [-0.39, 0.29) is 24.8 Å². The molecule has 0 radical (unpaired) electrons. The van der Waals surface area contributed by atoms with Crippen molar-refractivity contribution in [2.75, 3.05) is 18.6 Å². The van der Waals surface area contributed by atoms with E-state index < -0.39 is 5.92 Å². The molecule has 1 aliphatic heterocycles. The minimum absolute atomic E-state index is 0.125. The monoisotopic (exact) mass is 364 g/mol. The second-order valence-corrected chi connectivity index (χ2v) is 5.90. The lowest BCUT2D eigenvalue weighted by Gasteiger charge is -2.10. The number of hydrogen-bond donors (Lipinski definition) is 0. The maximum absolute atomic E-state index is 12.0. The number of rotatable bonds is 3. The maximum atomic E-state index is 12.0. The molecule has 7 heteroatoms. The summed E-state index contributed by atoms with van der Waals surface area (Å²) in [5, 5.41) is 3.99. The Morgan fingerprint density at radius 3 is 3.00 bits per heavy atom. The highest BCUT2D eigenvalue weighted by Gasteiger charge is 2.37. The minimum Gasteiger partial charge on any atom is -0.469 e. The number of benzene rings is 1. The first kappa shape index (κ1) is 14.8. The van der Waals surface area contributed by atoms with Gasteiger partial charge in [0, 0.05) is 29.1 Å². The molecule has 2 aromatic rings. The third kappa shape index (κ3) is 2.76. The number of nitrogens with zero attached hydrogens (tertiary/aromatic N) is 2. The van der Waals surface area contributed by atoms with E-state index in [1.807, 2.05) is 24.3 Å². The van der Waals surface area contributed by atoms with Crippen molar-refractivity contribution in [2.45, 2.75) is 6.42 Å². The summed E-state index contributed by atoms with van der Waals surface area (Å²) in [5.74, 6) is -0.682. The van der Waals surface area contributed by atoms with Crippen LogP contribution in [0, 0.1) is 5.92 Å². The second kappa shape index (κ2) is 5.92. The van der Waals surface area contributed by atoms with Crippen LogP contribution in [-0.4, -0.2) is 30.7 Å². The maximum Gasteiger partial charge on any atom is 0.311 e. The first-order valence-electron chi connectivity index (χ1n) is 6.69. The second-order valence-electron chi connectivity index (χ2n) is 4.99. The Morgan fingerprint density at radius 1 is 1.45 bits per heavy atom. The predicted octanol–water partition coefficient (Wildman–Crippen LogP) is 2.63. The SMILES string of the molecule is COC(=O)C1CC(=O)N(c2cc(-c3cccc(Br)c3)no2)C1. The van der Waals surface area contributed by atoms with Crippen LogP contribution in [0.2, 0.25) is 0 Å². The Morgan fingerprint density at radius 2 is 2.27 bits per heavy atom. The van der Waals surface area contributed by atoms with E-state index in [0.717, 1.165) is 10.0 Å². The third-order valence-corrected chi connectivity index (χ3v) is 4.04. The summed E-state index contributed by atoms with van der Waals surface area (Å²) in [5.41, 5.74) is 1.51. The number of carbonyl (C=O) groups is 2. The Kier molecular flexibility index (Phi) is 3.98. The van der Waals surface area contributed by atoms with Gasteiger partial charge in [-0.1, -0.05) is 33.2 Å². The smallest absolute Gasteiger partial charge is 0.311 e. The summed E-state index contributed by atoms with van der Waals surface area (Å²) in [7, 11) is 1.31. The van der Waals surface area contributed by atoms with Gasteiger partial charge in [0.25, 0.3) is 0 Å². The molecule has 1 aromatic carbocycles. The fourth-order valence-electron chi connectivity index (χ4n) is 2.42. The molecule has 0 saturated carbocycles. The largest absolute Gasteiger partial charge is 0.469 e. The number of hydrogen-bond acceptors (Lipinski definition) is 5. The van der Waals surface area contributed by atoms with Gasteiger partial charge in [0.05, 0.1) is 13.0 Å². The lowest BCUT2D eigenvalue weighted by atomic mass is 10.1. The molecule has 6 nitrogen and oxygen atoms in total. The zero-order valence-corrected chi connectivity index (χ0v) is 13.4. The number of halogens is 1. The van der Waals surface area contributed by atoms with Gasteiger partial charge in [0.2, 0.25) is 11.8 Å². The molecular weight excluding hydrogens is 352 g/mol. The van der Waals surface area contributed by atoms with Crippen LogP contribution < -0.4 is 4.90 Å². The summed E-state index contributed by atoms with van der Waals surface area (Å²) < 4.78 is 10.9. The number of ether oxygens (including phenoxy) is 1. The number of amides is 1. The molecule has 1 atom stereocenters. The highest BCUT2D eigenvalue weighted by atomic mass is 79.9. The lowest BCUT2D eigenvalue weighted by Crippen LogP contribution is -2.25. The Labute approximate surface area is 135 Å². The summed E-state index contributed by atoms with van der Waals surface area (Å²) in [6, 6.07) is 9.30. The number of aromatic nitrogens is 1. The molecule has 1 aromatic heterocycles. The van der Waals surface area contributed by atoms with Crippen LogP contribution in [0.4, 0.5) is 5.88 Å². The molecular formula is C15H13BrN2O4. The minimum atomic E-state index is -0.461. The van der Waals surface area contributed by atoms with Crippen molar-refractivity contribution in [1.29, 1.82) is 0 Å². The Hall–Kier alpha value is -2.15. The van der Waals surface area contributed by atoms with Crippen LogP contribution in [0.5, 0.6) is 0 Å². The quantitative estimate of drug-likeness (QED) is 0.782. The first-order chi connectivity index (χ1) is 10.6. The van der Waals surface area contributed by atoms with Crippen LogP contribution in [0.1, 0.15) is 6.42 Å². The highest BCUT2D eigenvalue weighted by Crippen LogP contribution is 2.30. The van der Waals surface area contributed by atoms with Crippen LogP contribution >= 0.6 is 15.9 Å². The molecule has 0 spiro atoms. The van der Waals surface area contributed by atoms with Crippen LogP contribution in [0.3, 0.4) is 0 Å². The van der Waals surface area contributed by atoms with Crippen molar-refractivity contribution in [1.82, 2.24) is 5.16 Å². The van der Waals surface area contributed by atoms with Gasteiger partial charge in [-0.05, 0) is 12.1 Å². The zero-order valence-electron chi connectivity index (χ0n) is 11.8. The molecule has 1 saturated heterocycles. The molecule has 1 unspecified atom stereocenters. The molecule has 2 heterocycles. The highest BCUT2D eigenvalue weighted by molar-refractivity contribution is 9.10. The molecule has 22 heavy (non-hydrogen) atoms. The van der Waals surface area contributed by atoms with Crippen molar-refractivity contribution in [3.8, 4) is 11.3 Å². The van der Waals surface area contributed by atoms with Gasteiger partial charge in [0.15, 0.2) is 0 Å². The standard InChI is InChI=1S/C15H13BrN2O4/c1-21-15(20)10-6-13(19)18(8-10)14-7-12(17-22-14)9-3-2-4-11(16)5-9/h2-5,7,10H,6,8H2,1H3. The molecule has 0 bridgehead atoms. The van der Waals surface area contributed by atoms with Crippen molar-refractivity contribution in [2.24, 2.45) is 5.92 Å². The Balaban J connectivity index is 1.82. The van der Waals surface area contributed by atoms with Crippen molar-refractivity contribution < 1.29 is 18.8 Å². The van der Waals surface area contributed by atoms with Crippen LogP contribution in [0.25, 0.3) is 11.3 Å². The molecule has 1 amide bonds. The number of methoxy groups -OCH3 is 1. The average molecular weight is 365 g/mol. The van der Waals surface area contributed by atoms with Crippen molar-refractivity contribution in [3.05, 3.63) is 34.8 Å². The van der Waals surface area contributed by atoms with Gasteiger partial charge in [-0.3, -0.25) is 14.5 Å². The van der Waals surface area contributed by atoms with Gasteiger partial charge in [-0.15, -0.1) is 0 Å². The van der Waals surface area contributed by atoms with E-state index in [4.69, 9.17) is 4.52 Å².